The molecule has 1 aliphatic heterocycles. The molecule has 1 unspecified atom stereocenters. The van der Waals surface area contributed by atoms with Crippen molar-refractivity contribution in [2.75, 3.05) is 31.8 Å². The molecule has 1 aliphatic rings. The van der Waals surface area contributed by atoms with Crippen molar-refractivity contribution in [3.8, 4) is 5.75 Å². The fourth-order valence-electron chi connectivity index (χ4n) is 2.22. The Labute approximate surface area is 133 Å². The van der Waals surface area contributed by atoms with E-state index in [0.29, 0.717) is 11.4 Å². The summed E-state index contributed by atoms with van der Waals surface area (Å²) in [5, 5.41) is 11.3. The molecule has 23 heavy (non-hydrogen) atoms. The maximum Gasteiger partial charge on any atom is 0.328 e. The maximum atomic E-state index is 12.0. The lowest BCUT2D eigenvalue weighted by Crippen LogP contribution is -2.46. The van der Waals surface area contributed by atoms with Crippen LogP contribution in [0.25, 0.3) is 0 Å². The molecule has 8 heteroatoms. The van der Waals surface area contributed by atoms with E-state index >= 15 is 0 Å². The van der Waals surface area contributed by atoms with Gasteiger partial charge in [-0.1, -0.05) is 12.1 Å². The zero-order valence-corrected chi connectivity index (χ0v) is 12.7. The van der Waals surface area contributed by atoms with E-state index in [2.05, 4.69) is 5.32 Å². The van der Waals surface area contributed by atoms with E-state index in [1.54, 1.807) is 24.3 Å². The first-order valence-electron chi connectivity index (χ1n) is 7.06. The van der Waals surface area contributed by atoms with E-state index in [9.17, 15) is 14.4 Å². The first kappa shape index (κ1) is 16.8. The molecule has 8 nitrogen and oxygen atoms in total. The third-order valence-electron chi connectivity index (χ3n) is 3.34. The van der Waals surface area contributed by atoms with Crippen molar-refractivity contribution >= 4 is 23.5 Å². The molecule has 0 aromatic heterocycles. The van der Waals surface area contributed by atoms with Gasteiger partial charge in [-0.05, 0) is 12.1 Å². The van der Waals surface area contributed by atoms with Gasteiger partial charge in [0.1, 0.15) is 5.75 Å². The maximum absolute atomic E-state index is 12.0. The minimum Gasteiger partial charge on any atom is -0.482 e. The SMILES string of the molecule is COCC(NC(=O)CCN1C(=O)COc2ccccc21)C(=O)O. The fourth-order valence-corrected chi connectivity index (χ4v) is 2.22. The number of carboxylic acids is 1. The number of carboxylic acid groups (broad SMARTS) is 1. The summed E-state index contributed by atoms with van der Waals surface area (Å²) in [7, 11) is 1.35. The largest absolute Gasteiger partial charge is 0.482 e. The summed E-state index contributed by atoms with van der Waals surface area (Å²) in [5.41, 5.74) is 0.600. The lowest BCUT2D eigenvalue weighted by atomic mass is 10.2. The predicted molar refractivity (Wildman–Crippen MR) is 80.3 cm³/mol. The Bertz CT molecular complexity index is 603. The molecule has 0 saturated carbocycles. The average Bonchev–Trinajstić information content (AvgIpc) is 2.53. The van der Waals surface area contributed by atoms with Crippen LogP contribution < -0.4 is 15.0 Å². The topological polar surface area (TPSA) is 105 Å². The Balaban J connectivity index is 1.96. The fraction of sp³-hybridized carbons (Fsp3) is 0.400. The number of nitrogens with zero attached hydrogens (tertiary/aromatic N) is 1. The molecule has 0 aliphatic carbocycles. The van der Waals surface area contributed by atoms with Crippen LogP contribution in [0.5, 0.6) is 5.75 Å². The molecule has 1 atom stereocenters. The van der Waals surface area contributed by atoms with Crippen molar-refractivity contribution < 1.29 is 29.0 Å². The van der Waals surface area contributed by atoms with Crippen LogP contribution in [0.2, 0.25) is 0 Å². The molecule has 2 N–H and O–H groups in total. The lowest BCUT2D eigenvalue weighted by molar-refractivity contribution is -0.143. The quantitative estimate of drug-likeness (QED) is 0.733. The van der Waals surface area contributed by atoms with Crippen LogP contribution in [-0.2, 0) is 19.1 Å². The van der Waals surface area contributed by atoms with Gasteiger partial charge >= 0.3 is 5.97 Å². The normalized spacial score (nSPS) is 14.7. The minimum atomic E-state index is -1.17. The van der Waals surface area contributed by atoms with Gasteiger partial charge in [-0.15, -0.1) is 0 Å². The van der Waals surface area contributed by atoms with Gasteiger partial charge in [0.2, 0.25) is 5.91 Å². The summed E-state index contributed by atoms with van der Waals surface area (Å²) >= 11 is 0. The van der Waals surface area contributed by atoms with Gasteiger partial charge in [-0.2, -0.15) is 0 Å². The molecule has 2 amide bonds. The second-order valence-electron chi connectivity index (χ2n) is 4.97. The number of methoxy groups -OCH3 is 1. The van der Waals surface area contributed by atoms with Gasteiger partial charge in [0.25, 0.3) is 5.91 Å². The monoisotopic (exact) mass is 322 g/mol. The highest BCUT2D eigenvalue weighted by Gasteiger charge is 2.26. The van der Waals surface area contributed by atoms with E-state index < -0.39 is 17.9 Å². The summed E-state index contributed by atoms with van der Waals surface area (Å²) in [4.78, 5) is 36.3. The van der Waals surface area contributed by atoms with E-state index in [1.807, 2.05) is 0 Å². The Morgan fingerprint density at radius 2 is 2.17 bits per heavy atom. The molecule has 0 saturated heterocycles. The number of para-hydroxylation sites is 2. The van der Waals surface area contributed by atoms with Gasteiger partial charge in [0.15, 0.2) is 12.6 Å². The highest BCUT2D eigenvalue weighted by molar-refractivity contribution is 5.98. The molecule has 0 spiro atoms. The number of rotatable bonds is 7. The minimum absolute atomic E-state index is 0.0203. The van der Waals surface area contributed by atoms with Gasteiger partial charge < -0.3 is 24.8 Å². The molecule has 124 valence electrons. The number of hydrogen-bond acceptors (Lipinski definition) is 5. The van der Waals surface area contributed by atoms with Crippen molar-refractivity contribution in [2.45, 2.75) is 12.5 Å². The molecule has 0 bridgehead atoms. The molecule has 2 rings (SSSR count). The Hall–Kier alpha value is -2.61. The summed E-state index contributed by atoms with van der Waals surface area (Å²) in [6.07, 6.45) is -0.0203. The highest BCUT2D eigenvalue weighted by Crippen LogP contribution is 2.31. The molecule has 1 heterocycles. The molecule has 0 radical (unpaired) electrons. The molecular formula is C15H18N2O6. The average molecular weight is 322 g/mol. The zero-order chi connectivity index (χ0) is 16.8. The molecular weight excluding hydrogens is 304 g/mol. The summed E-state index contributed by atoms with van der Waals surface area (Å²) in [6.45, 7) is -0.0647. The Morgan fingerprint density at radius 1 is 1.43 bits per heavy atom. The van der Waals surface area contributed by atoms with Crippen LogP contribution >= 0.6 is 0 Å². The number of benzene rings is 1. The first-order chi connectivity index (χ1) is 11.0. The van der Waals surface area contributed by atoms with Crippen LogP contribution in [0.4, 0.5) is 5.69 Å². The van der Waals surface area contributed by atoms with Crippen LogP contribution in [0.1, 0.15) is 6.42 Å². The second kappa shape index (κ2) is 7.59. The third-order valence-corrected chi connectivity index (χ3v) is 3.34. The number of aliphatic carboxylic acids is 1. The first-order valence-corrected chi connectivity index (χ1v) is 7.06. The van der Waals surface area contributed by atoms with Gasteiger partial charge in [0.05, 0.1) is 12.3 Å². The van der Waals surface area contributed by atoms with Gasteiger partial charge in [-0.3, -0.25) is 9.59 Å². The third kappa shape index (κ3) is 4.19. The van der Waals surface area contributed by atoms with Crippen molar-refractivity contribution in [2.24, 2.45) is 0 Å². The van der Waals surface area contributed by atoms with Gasteiger partial charge in [0, 0.05) is 20.1 Å². The summed E-state index contributed by atoms with van der Waals surface area (Å²) in [6, 6.07) is 5.93. The lowest BCUT2D eigenvalue weighted by Gasteiger charge is -2.29. The van der Waals surface area contributed by atoms with Gasteiger partial charge in [-0.25, -0.2) is 4.79 Å². The number of nitrogens with one attached hydrogen (secondary N) is 1. The predicted octanol–water partition coefficient (Wildman–Crippen LogP) is 0.0179. The number of anilines is 1. The molecule has 0 fully saturated rings. The Kier molecular flexibility index (Phi) is 5.53. The van der Waals surface area contributed by atoms with Crippen LogP contribution in [-0.4, -0.2) is 55.8 Å². The van der Waals surface area contributed by atoms with E-state index in [0.717, 1.165) is 0 Å². The number of fused-ring (bicyclic) bond motifs is 1. The molecule has 1 aromatic rings. The summed E-state index contributed by atoms with van der Waals surface area (Å²) in [5.74, 6) is -1.31. The number of carbonyl (C=O) groups excluding carboxylic acids is 2. The number of amides is 2. The Morgan fingerprint density at radius 3 is 2.87 bits per heavy atom. The van der Waals surface area contributed by atoms with Crippen LogP contribution in [0.15, 0.2) is 24.3 Å². The van der Waals surface area contributed by atoms with E-state index in [4.69, 9.17) is 14.6 Å². The highest BCUT2D eigenvalue weighted by atomic mass is 16.5. The smallest absolute Gasteiger partial charge is 0.328 e. The van der Waals surface area contributed by atoms with Crippen molar-refractivity contribution in [3.05, 3.63) is 24.3 Å². The second-order valence-corrected chi connectivity index (χ2v) is 4.97. The van der Waals surface area contributed by atoms with E-state index in [1.165, 1.54) is 12.0 Å². The zero-order valence-electron chi connectivity index (χ0n) is 12.7. The number of carbonyl (C=O) groups is 3. The van der Waals surface area contributed by atoms with Crippen LogP contribution in [0.3, 0.4) is 0 Å². The van der Waals surface area contributed by atoms with E-state index in [-0.39, 0.29) is 32.1 Å². The standard InChI is InChI=1S/C15H18N2O6/c1-22-8-10(15(20)21)16-13(18)6-7-17-11-4-2-3-5-12(11)23-9-14(17)19/h2-5,10H,6-9H2,1H3,(H,16,18)(H,20,21). The van der Waals surface area contributed by atoms with Crippen molar-refractivity contribution in [3.63, 3.8) is 0 Å². The number of hydrogen-bond donors (Lipinski definition) is 2. The van der Waals surface area contributed by atoms with Crippen molar-refractivity contribution in [1.82, 2.24) is 5.32 Å². The van der Waals surface area contributed by atoms with Crippen LogP contribution in [0, 0.1) is 0 Å². The summed E-state index contributed by atoms with van der Waals surface area (Å²) < 4.78 is 10.1. The number of ether oxygens (including phenoxy) is 2. The molecule has 1 aromatic carbocycles. The van der Waals surface area contributed by atoms with Crippen molar-refractivity contribution in [1.29, 1.82) is 0 Å².